The first-order valence-electron chi connectivity index (χ1n) is 4.75. The summed E-state index contributed by atoms with van der Waals surface area (Å²) in [5.41, 5.74) is -0.965. The van der Waals surface area contributed by atoms with E-state index in [0.717, 1.165) is 0 Å². The first-order chi connectivity index (χ1) is 6.75. The molecule has 0 unspecified atom stereocenters. The molecule has 1 N–H and O–H groups in total. The van der Waals surface area contributed by atoms with Crippen LogP contribution in [0.2, 0.25) is 0 Å². The molecular weight excluding hydrogens is 260 g/mol. The van der Waals surface area contributed by atoms with Gasteiger partial charge in [-0.2, -0.15) is 5.10 Å². The predicted octanol–water partition coefficient (Wildman–Crippen LogP) is 2.18. The van der Waals surface area contributed by atoms with Gasteiger partial charge in [0.1, 0.15) is 11.3 Å². The fourth-order valence-corrected chi connectivity index (χ4v) is 1.69. The van der Waals surface area contributed by atoms with Crippen molar-refractivity contribution in [3.63, 3.8) is 0 Å². The topological polar surface area (TPSA) is 55.1 Å². The molecule has 0 amide bonds. The number of aromatic nitrogens is 2. The SMILES string of the molecule is CC(C)n1ncc(Br)c1C(=O)C(C)(C)O. The quantitative estimate of drug-likeness (QED) is 0.860. The molecule has 1 heterocycles. The Kier molecular flexibility index (Phi) is 3.35. The lowest BCUT2D eigenvalue weighted by atomic mass is 10.0. The van der Waals surface area contributed by atoms with Crippen molar-refractivity contribution in [1.82, 2.24) is 9.78 Å². The summed E-state index contributed by atoms with van der Waals surface area (Å²) in [7, 11) is 0. The molecule has 15 heavy (non-hydrogen) atoms. The van der Waals surface area contributed by atoms with Gasteiger partial charge in [0.25, 0.3) is 0 Å². The van der Waals surface area contributed by atoms with Crippen molar-refractivity contribution in [3.8, 4) is 0 Å². The number of nitrogens with zero attached hydrogens (tertiary/aromatic N) is 2. The first kappa shape index (κ1) is 12.4. The Bertz CT molecular complexity index is 377. The van der Waals surface area contributed by atoms with Crippen molar-refractivity contribution in [2.45, 2.75) is 39.3 Å². The Balaban J connectivity index is 3.24. The van der Waals surface area contributed by atoms with E-state index in [4.69, 9.17) is 0 Å². The molecule has 0 aliphatic heterocycles. The zero-order chi connectivity index (χ0) is 11.8. The number of carbonyl (C=O) groups is 1. The van der Waals surface area contributed by atoms with E-state index in [0.29, 0.717) is 10.2 Å². The van der Waals surface area contributed by atoms with Crippen LogP contribution in [0.1, 0.15) is 44.2 Å². The molecule has 0 saturated carbocycles. The van der Waals surface area contributed by atoms with Gasteiger partial charge >= 0.3 is 0 Å². The number of hydrogen-bond acceptors (Lipinski definition) is 3. The van der Waals surface area contributed by atoms with Crippen LogP contribution in [0, 0.1) is 0 Å². The number of rotatable bonds is 3. The molecule has 0 aromatic carbocycles. The highest BCUT2D eigenvalue weighted by Gasteiger charge is 2.30. The van der Waals surface area contributed by atoms with Gasteiger partial charge in [-0.05, 0) is 43.6 Å². The van der Waals surface area contributed by atoms with Crippen LogP contribution < -0.4 is 0 Å². The molecule has 1 aromatic heterocycles. The molecule has 0 fully saturated rings. The lowest BCUT2D eigenvalue weighted by Crippen LogP contribution is -2.33. The van der Waals surface area contributed by atoms with E-state index in [1.807, 2.05) is 13.8 Å². The third kappa shape index (κ3) is 2.46. The zero-order valence-electron chi connectivity index (χ0n) is 9.28. The predicted molar refractivity (Wildman–Crippen MR) is 60.9 cm³/mol. The number of carbonyl (C=O) groups excluding carboxylic acids is 1. The number of hydrogen-bond donors (Lipinski definition) is 1. The molecule has 1 rings (SSSR count). The van der Waals surface area contributed by atoms with Crippen LogP contribution in [0.15, 0.2) is 10.7 Å². The summed E-state index contributed by atoms with van der Waals surface area (Å²) in [4.78, 5) is 11.9. The van der Waals surface area contributed by atoms with E-state index < -0.39 is 5.60 Å². The molecule has 0 spiro atoms. The lowest BCUT2D eigenvalue weighted by Gasteiger charge is -2.18. The Morgan fingerprint density at radius 1 is 1.60 bits per heavy atom. The van der Waals surface area contributed by atoms with Crippen LogP contribution in [0.5, 0.6) is 0 Å². The highest BCUT2D eigenvalue weighted by Crippen LogP contribution is 2.23. The van der Waals surface area contributed by atoms with Crippen LogP contribution in [-0.2, 0) is 0 Å². The van der Waals surface area contributed by atoms with Crippen molar-refractivity contribution in [1.29, 1.82) is 0 Å². The lowest BCUT2D eigenvalue weighted by molar-refractivity contribution is 0.0473. The number of Topliss-reactive ketones (excluding diaryl/α,β-unsaturated/α-hetero) is 1. The Morgan fingerprint density at radius 3 is 2.53 bits per heavy atom. The highest BCUT2D eigenvalue weighted by atomic mass is 79.9. The van der Waals surface area contributed by atoms with Gasteiger partial charge in [0.2, 0.25) is 5.78 Å². The van der Waals surface area contributed by atoms with Crippen LogP contribution in [0.4, 0.5) is 0 Å². The van der Waals surface area contributed by atoms with E-state index in [1.54, 1.807) is 10.9 Å². The molecule has 0 aliphatic rings. The van der Waals surface area contributed by atoms with Gasteiger partial charge in [0, 0.05) is 6.04 Å². The number of aliphatic hydroxyl groups is 1. The minimum Gasteiger partial charge on any atom is -0.382 e. The highest BCUT2D eigenvalue weighted by molar-refractivity contribution is 9.10. The summed E-state index contributed by atoms with van der Waals surface area (Å²) in [5, 5.41) is 13.8. The van der Waals surface area contributed by atoms with Crippen molar-refractivity contribution >= 4 is 21.7 Å². The largest absolute Gasteiger partial charge is 0.382 e. The van der Waals surface area contributed by atoms with E-state index in [2.05, 4.69) is 21.0 Å². The second-order valence-electron chi connectivity index (χ2n) is 4.27. The van der Waals surface area contributed by atoms with Gasteiger partial charge in [-0.1, -0.05) is 0 Å². The van der Waals surface area contributed by atoms with E-state index in [-0.39, 0.29) is 11.8 Å². The summed E-state index contributed by atoms with van der Waals surface area (Å²) < 4.78 is 2.22. The molecule has 84 valence electrons. The maximum absolute atomic E-state index is 11.9. The number of halogens is 1. The molecule has 4 nitrogen and oxygen atoms in total. The standard InChI is InChI=1S/C10H15BrN2O2/c1-6(2)13-8(7(11)5-12-13)9(14)10(3,4)15/h5-6,15H,1-4H3. The maximum atomic E-state index is 11.9. The van der Waals surface area contributed by atoms with Crippen LogP contribution in [0.3, 0.4) is 0 Å². The summed E-state index contributed by atoms with van der Waals surface area (Å²) in [6.45, 7) is 6.81. The normalized spacial score (nSPS) is 12.2. The average molecular weight is 275 g/mol. The van der Waals surface area contributed by atoms with Crippen molar-refractivity contribution < 1.29 is 9.90 Å². The minimum atomic E-state index is -1.38. The smallest absolute Gasteiger partial charge is 0.212 e. The molecular formula is C10H15BrN2O2. The molecule has 1 aromatic rings. The molecule has 0 bridgehead atoms. The monoisotopic (exact) mass is 274 g/mol. The molecule has 5 heteroatoms. The van der Waals surface area contributed by atoms with Crippen molar-refractivity contribution in [2.24, 2.45) is 0 Å². The second kappa shape index (κ2) is 4.06. The third-order valence-corrected chi connectivity index (χ3v) is 2.59. The molecule has 0 radical (unpaired) electrons. The first-order valence-corrected chi connectivity index (χ1v) is 5.54. The molecule has 0 saturated heterocycles. The van der Waals surface area contributed by atoms with Gasteiger partial charge in [-0.25, -0.2) is 0 Å². The van der Waals surface area contributed by atoms with E-state index in [1.165, 1.54) is 13.8 Å². The fraction of sp³-hybridized carbons (Fsp3) is 0.600. The molecule has 0 aliphatic carbocycles. The van der Waals surface area contributed by atoms with Crippen LogP contribution in [-0.4, -0.2) is 26.3 Å². The van der Waals surface area contributed by atoms with Gasteiger partial charge in [0.15, 0.2) is 0 Å². The van der Waals surface area contributed by atoms with Gasteiger partial charge in [-0.15, -0.1) is 0 Å². The summed E-state index contributed by atoms with van der Waals surface area (Å²) in [6, 6.07) is 0.0811. The van der Waals surface area contributed by atoms with Crippen LogP contribution >= 0.6 is 15.9 Å². The average Bonchev–Trinajstić information content (AvgIpc) is 2.44. The van der Waals surface area contributed by atoms with E-state index >= 15 is 0 Å². The fourth-order valence-electron chi connectivity index (χ4n) is 1.23. The van der Waals surface area contributed by atoms with Gasteiger partial charge in [-0.3, -0.25) is 9.48 Å². The number of ketones is 1. The van der Waals surface area contributed by atoms with Gasteiger partial charge < -0.3 is 5.11 Å². The zero-order valence-corrected chi connectivity index (χ0v) is 10.9. The van der Waals surface area contributed by atoms with Crippen molar-refractivity contribution in [3.05, 3.63) is 16.4 Å². The summed E-state index contributed by atoms with van der Waals surface area (Å²) in [5.74, 6) is -0.333. The maximum Gasteiger partial charge on any atom is 0.212 e. The Labute approximate surface area is 97.4 Å². The summed E-state index contributed by atoms with van der Waals surface area (Å²) >= 11 is 3.26. The minimum absolute atomic E-state index is 0.0811. The summed E-state index contributed by atoms with van der Waals surface area (Å²) in [6.07, 6.45) is 1.57. The Hall–Kier alpha value is -0.680. The Morgan fingerprint density at radius 2 is 2.13 bits per heavy atom. The van der Waals surface area contributed by atoms with Crippen molar-refractivity contribution in [2.75, 3.05) is 0 Å². The van der Waals surface area contributed by atoms with E-state index in [9.17, 15) is 9.90 Å². The molecule has 0 atom stereocenters. The van der Waals surface area contributed by atoms with Gasteiger partial charge in [0.05, 0.1) is 10.7 Å². The third-order valence-electron chi connectivity index (χ3n) is 2.01. The van der Waals surface area contributed by atoms with Crippen LogP contribution in [0.25, 0.3) is 0 Å². The second-order valence-corrected chi connectivity index (χ2v) is 5.12.